The number of carbonyl (C=O) groups excluding carboxylic acids is 1. The lowest BCUT2D eigenvalue weighted by molar-refractivity contribution is -0.131. The first-order valence-corrected chi connectivity index (χ1v) is 6.57. The van der Waals surface area contributed by atoms with Gasteiger partial charge in [-0.2, -0.15) is 5.26 Å². The second-order valence-electron chi connectivity index (χ2n) is 4.40. The van der Waals surface area contributed by atoms with Gasteiger partial charge < -0.3 is 15.2 Å². The number of nitrogens with zero attached hydrogens (tertiary/aromatic N) is 1. The number of nitriles is 1. The molecule has 0 aliphatic heterocycles. The van der Waals surface area contributed by atoms with Crippen LogP contribution in [-0.2, 0) is 9.59 Å². The van der Waals surface area contributed by atoms with Crippen molar-refractivity contribution in [1.82, 2.24) is 0 Å². The van der Waals surface area contributed by atoms with Crippen molar-refractivity contribution in [2.24, 2.45) is 0 Å². The van der Waals surface area contributed by atoms with Gasteiger partial charge in [0.15, 0.2) is 5.75 Å². The van der Waals surface area contributed by atoms with Crippen LogP contribution in [0.25, 0.3) is 0 Å². The minimum Gasteiger partial charge on any atom is -0.478 e. The molecule has 0 heterocycles. The highest BCUT2D eigenvalue weighted by molar-refractivity contribution is 6.03. The molecular formula is C17H12N2O4. The van der Waals surface area contributed by atoms with Crippen molar-refractivity contribution in [3.8, 4) is 17.6 Å². The maximum atomic E-state index is 11.7. The third-order valence-electron chi connectivity index (χ3n) is 2.73. The van der Waals surface area contributed by atoms with E-state index in [1.807, 2.05) is 6.07 Å². The van der Waals surface area contributed by atoms with Crippen LogP contribution in [0.5, 0.6) is 11.5 Å². The quantitative estimate of drug-likeness (QED) is 0.827. The molecule has 23 heavy (non-hydrogen) atoms. The first-order valence-electron chi connectivity index (χ1n) is 6.57. The second-order valence-corrected chi connectivity index (χ2v) is 4.40. The predicted molar refractivity (Wildman–Crippen MR) is 83.1 cm³/mol. The van der Waals surface area contributed by atoms with E-state index in [1.165, 1.54) is 0 Å². The third kappa shape index (κ3) is 4.72. The summed E-state index contributed by atoms with van der Waals surface area (Å²) in [6, 6.07) is 15.3. The van der Waals surface area contributed by atoms with Crippen LogP contribution in [0.4, 0.5) is 5.69 Å². The Morgan fingerprint density at radius 2 is 1.78 bits per heavy atom. The molecule has 0 aromatic heterocycles. The Morgan fingerprint density at radius 3 is 2.43 bits per heavy atom. The molecule has 6 heteroatoms. The number of benzene rings is 2. The number of carboxylic acids is 1. The lowest BCUT2D eigenvalue weighted by Crippen LogP contribution is -2.09. The van der Waals surface area contributed by atoms with Gasteiger partial charge in [-0.1, -0.05) is 12.1 Å². The van der Waals surface area contributed by atoms with E-state index in [0.717, 1.165) is 12.2 Å². The molecule has 0 bridgehead atoms. The first-order chi connectivity index (χ1) is 11.1. The zero-order valence-electron chi connectivity index (χ0n) is 11.9. The molecule has 2 aromatic carbocycles. The minimum atomic E-state index is -1.21. The van der Waals surface area contributed by atoms with E-state index in [1.54, 1.807) is 48.5 Å². The Kier molecular flexibility index (Phi) is 5.10. The van der Waals surface area contributed by atoms with Crippen LogP contribution >= 0.6 is 0 Å². The predicted octanol–water partition coefficient (Wildman–Crippen LogP) is 2.93. The molecule has 0 saturated carbocycles. The molecular weight excluding hydrogens is 296 g/mol. The van der Waals surface area contributed by atoms with E-state index in [9.17, 15) is 9.59 Å². The SMILES string of the molecule is N#Cc1ccc(Oc2ccccc2NC(=O)C=CC(=O)O)cc1. The summed E-state index contributed by atoms with van der Waals surface area (Å²) in [5.74, 6) is -0.883. The molecule has 0 unspecified atom stereocenters. The topological polar surface area (TPSA) is 99.4 Å². The maximum absolute atomic E-state index is 11.7. The number of aliphatic carboxylic acids is 1. The Labute approximate surface area is 132 Å². The molecule has 2 aromatic rings. The molecule has 0 saturated heterocycles. The minimum absolute atomic E-state index is 0.397. The summed E-state index contributed by atoms with van der Waals surface area (Å²) in [6.07, 6.45) is 1.67. The Morgan fingerprint density at radius 1 is 1.09 bits per heavy atom. The molecule has 0 aliphatic carbocycles. The molecule has 2 N–H and O–H groups in total. The van der Waals surface area contributed by atoms with E-state index >= 15 is 0 Å². The lowest BCUT2D eigenvalue weighted by atomic mass is 10.2. The van der Waals surface area contributed by atoms with Crippen molar-refractivity contribution in [2.75, 3.05) is 5.32 Å². The molecule has 0 atom stereocenters. The Hall–Kier alpha value is -3.59. The van der Waals surface area contributed by atoms with Gasteiger partial charge in [0.1, 0.15) is 5.75 Å². The average Bonchev–Trinajstić information content (AvgIpc) is 2.55. The van der Waals surface area contributed by atoms with Crippen molar-refractivity contribution in [3.05, 3.63) is 66.2 Å². The summed E-state index contributed by atoms with van der Waals surface area (Å²) < 4.78 is 5.67. The fraction of sp³-hybridized carbons (Fsp3) is 0. The van der Waals surface area contributed by atoms with Crippen molar-refractivity contribution in [3.63, 3.8) is 0 Å². The first kappa shape index (κ1) is 15.8. The number of hydrogen-bond donors (Lipinski definition) is 2. The number of hydrogen-bond acceptors (Lipinski definition) is 4. The van der Waals surface area contributed by atoms with Gasteiger partial charge in [-0.05, 0) is 36.4 Å². The summed E-state index contributed by atoms with van der Waals surface area (Å²) >= 11 is 0. The Bertz CT molecular complexity index is 789. The lowest BCUT2D eigenvalue weighted by Gasteiger charge is -2.11. The molecule has 6 nitrogen and oxygen atoms in total. The van der Waals surface area contributed by atoms with Gasteiger partial charge in [-0.3, -0.25) is 4.79 Å². The van der Waals surface area contributed by atoms with Crippen molar-refractivity contribution >= 4 is 17.6 Å². The van der Waals surface area contributed by atoms with Crippen molar-refractivity contribution in [1.29, 1.82) is 5.26 Å². The normalized spacial score (nSPS) is 10.0. The summed E-state index contributed by atoms with van der Waals surface area (Å²) in [7, 11) is 0. The van der Waals surface area contributed by atoms with Crippen molar-refractivity contribution < 1.29 is 19.4 Å². The molecule has 0 aliphatic rings. The standard InChI is InChI=1S/C17H12N2O4/c18-11-12-5-7-13(8-6-12)23-15-4-2-1-3-14(15)19-16(20)9-10-17(21)22/h1-10H,(H,19,20)(H,21,22). The monoisotopic (exact) mass is 308 g/mol. The van der Waals surface area contributed by atoms with Gasteiger partial charge in [0.05, 0.1) is 17.3 Å². The van der Waals surface area contributed by atoms with Crippen LogP contribution in [0.3, 0.4) is 0 Å². The van der Waals surface area contributed by atoms with Crippen LogP contribution in [0.2, 0.25) is 0 Å². The number of rotatable bonds is 5. The summed E-state index contributed by atoms with van der Waals surface area (Å²) in [5, 5.41) is 19.8. The van der Waals surface area contributed by atoms with E-state index in [0.29, 0.717) is 22.7 Å². The smallest absolute Gasteiger partial charge is 0.328 e. The Balaban J connectivity index is 2.15. The summed E-state index contributed by atoms with van der Waals surface area (Å²) in [6.45, 7) is 0. The number of anilines is 1. The number of carbonyl (C=O) groups is 2. The van der Waals surface area contributed by atoms with Crippen LogP contribution in [-0.4, -0.2) is 17.0 Å². The average molecular weight is 308 g/mol. The van der Waals surface area contributed by atoms with Crippen molar-refractivity contribution in [2.45, 2.75) is 0 Å². The van der Waals surface area contributed by atoms with Crippen LogP contribution in [0, 0.1) is 11.3 Å². The van der Waals surface area contributed by atoms with Crippen LogP contribution in [0.1, 0.15) is 5.56 Å². The van der Waals surface area contributed by atoms with Gasteiger partial charge in [0, 0.05) is 12.2 Å². The number of para-hydroxylation sites is 2. The van der Waals surface area contributed by atoms with Crippen LogP contribution < -0.4 is 10.1 Å². The van der Waals surface area contributed by atoms with Crippen LogP contribution in [0.15, 0.2) is 60.7 Å². The molecule has 0 fully saturated rings. The third-order valence-corrected chi connectivity index (χ3v) is 2.73. The number of ether oxygens (including phenoxy) is 1. The number of nitrogens with one attached hydrogen (secondary N) is 1. The van der Waals surface area contributed by atoms with Gasteiger partial charge >= 0.3 is 5.97 Å². The van der Waals surface area contributed by atoms with E-state index in [4.69, 9.17) is 15.1 Å². The zero-order chi connectivity index (χ0) is 16.7. The molecule has 2 rings (SSSR count). The molecule has 114 valence electrons. The largest absolute Gasteiger partial charge is 0.478 e. The van der Waals surface area contributed by atoms with E-state index < -0.39 is 11.9 Å². The van der Waals surface area contributed by atoms with Gasteiger partial charge in [-0.15, -0.1) is 0 Å². The number of amides is 1. The fourth-order valence-corrected chi connectivity index (χ4v) is 1.70. The highest BCUT2D eigenvalue weighted by Gasteiger charge is 2.07. The zero-order valence-corrected chi connectivity index (χ0v) is 11.9. The van der Waals surface area contributed by atoms with Gasteiger partial charge in [0.25, 0.3) is 0 Å². The van der Waals surface area contributed by atoms with Gasteiger partial charge in [-0.25, -0.2) is 4.79 Å². The molecule has 1 amide bonds. The van der Waals surface area contributed by atoms with Gasteiger partial charge in [0.2, 0.25) is 5.91 Å². The highest BCUT2D eigenvalue weighted by atomic mass is 16.5. The summed E-state index contributed by atoms with van der Waals surface area (Å²) in [4.78, 5) is 22.1. The second kappa shape index (κ2) is 7.43. The number of carboxylic acid groups (broad SMARTS) is 1. The van der Waals surface area contributed by atoms with E-state index in [2.05, 4.69) is 5.32 Å². The summed E-state index contributed by atoms with van der Waals surface area (Å²) in [5.41, 5.74) is 0.912. The molecule has 0 radical (unpaired) electrons. The fourth-order valence-electron chi connectivity index (χ4n) is 1.70. The van der Waals surface area contributed by atoms with E-state index in [-0.39, 0.29) is 0 Å². The molecule has 0 spiro atoms. The highest BCUT2D eigenvalue weighted by Crippen LogP contribution is 2.29. The maximum Gasteiger partial charge on any atom is 0.328 e.